The lowest BCUT2D eigenvalue weighted by Crippen LogP contribution is -2.15. The molecule has 7 nitrogen and oxygen atoms in total. The highest BCUT2D eigenvalue weighted by Gasteiger charge is 2.25. The van der Waals surface area contributed by atoms with Crippen LogP contribution in [0.15, 0.2) is 28.0 Å². The van der Waals surface area contributed by atoms with E-state index >= 15 is 0 Å². The van der Waals surface area contributed by atoms with Crippen molar-refractivity contribution < 1.29 is 23.6 Å². The van der Waals surface area contributed by atoms with E-state index < -0.39 is 5.97 Å². The van der Waals surface area contributed by atoms with Crippen LogP contribution in [0.5, 0.6) is 0 Å². The topological polar surface area (TPSA) is 93.9 Å². The number of ketones is 1. The first-order valence-corrected chi connectivity index (χ1v) is 7.12. The van der Waals surface area contributed by atoms with Crippen LogP contribution in [-0.4, -0.2) is 36.2 Å². The highest BCUT2D eigenvalue weighted by molar-refractivity contribution is 6.08. The van der Waals surface area contributed by atoms with Gasteiger partial charge in [0.1, 0.15) is 12.0 Å². The van der Waals surface area contributed by atoms with Crippen LogP contribution in [0.3, 0.4) is 0 Å². The number of nitrogens with one attached hydrogen (secondary N) is 1. The van der Waals surface area contributed by atoms with Crippen molar-refractivity contribution in [3.8, 4) is 0 Å². The van der Waals surface area contributed by atoms with Crippen molar-refractivity contribution in [1.29, 1.82) is 0 Å². The maximum Gasteiger partial charge on any atom is 0.340 e. The summed E-state index contributed by atoms with van der Waals surface area (Å²) in [5, 5.41) is 3.66. The van der Waals surface area contributed by atoms with Crippen LogP contribution >= 0.6 is 0 Å². The van der Waals surface area contributed by atoms with Gasteiger partial charge >= 0.3 is 5.97 Å². The molecule has 0 aliphatic rings. The van der Waals surface area contributed by atoms with Crippen molar-refractivity contribution in [2.24, 2.45) is 5.16 Å². The Balaban J connectivity index is 2.08. The first-order valence-electron chi connectivity index (χ1n) is 7.12. The van der Waals surface area contributed by atoms with Gasteiger partial charge in [-0.2, -0.15) is 0 Å². The number of aryl methyl sites for hydroxylation is 2. The molecule has 0 fully saturated rings. The van der Waals surface area contributed by atoms with Crippen LogP contribution in [0.4, 0.5) is 0 Å². The van der Waals surface area contributed by atoms with E-state index in [4.69, 9.17) is 14.0 Å². The van der Waals surface area contributed by atoms with Crippen molar-refractivity contribution in [2.45, 2.75) is 20.8 Å². The van der Waals surface area contributed by atoms with E-state index in [0.717, 1.165) is 0 Å². The van der Waals surface area contributed by atoms with Crippen molar-refractivity contribution in [3.63, 3.8) is 0 Å². The van der Waals surface area contributed by atoms with Gasteiger partial charge in [-0.15, -0.1) is 0 Å². The second kappa shape index (κ2) is 7.44. The second-order valence-corrected chi connectivity index (χ2v) is 4.79. The van der Waals surface area contributed by atoms with Gasteiger partial charge in [0.15, 0.2) is 6.61 Å². The fourth-order valence-corrected chi connectivity index (χ4v) is 2.21. The van der Waals surface area contributed by atoms with Crippen LogP contribution in [0.1, 0.15) is 44.8 Å². The van der Waals surface area contributed by atoms with E-state index in [0.29, 0.717) is 17.1 Å². The maximum atomic E-state index is 12.3. The third kappa shape index (κ3) is 3.88. The Morgan fingerprint density at radius 1 is 1.30 bits per heavy atom. The molecule has 2 rings (SSSR count). The van der Waals surface area contributed by atoms with E-state index in [1.807, 2.05) is 0 Å². The molecular weight excluding hydrogens is 300 g/mol. The highest BCUT2D eigenvalue weighted by atomic mass is 16.6. The summed E-state index contributed by atoms with van der Waals surface area (Å²) in [7, 11) is 0. The van der Waals surface area contributed by atoms with E-state index in [1.165, 1.54) is 12.5 Å². The van der Waals surface area contributed by atoms with Crippen molar-refractivity contribution in [2.75, 3.05) is 13.2 Å². The summed E-state index contributed by atoms with van der Waals surface area (Å²) >= 11 is 0. The molecule has 0 aliphatic heterocycles. The minimum absolute atomic E-state index is 0.236. The van der Waals surface area contributed by atoms with E-state index in [1.54, 1.807) is 32.9 Å². The molecule has 2 aromatic heterocycles. The summed E-state index contributed by atoms with van der Waals surface area (Å²) in [4.78, 5) is 32.3. The molecule has 0 saturated carbocycles. The predicted molar refractivity (Wildman–Crippen MR) is 82.8 cm³/mol. The summed E-state index contributed by atoms with van der Waals surface area (Å²) in [6, 6.07) is 3.41. The molecule has 0 aromatic carbocycles. The van der Waals surface area contributed by atoms with Crippen LogP contribution in [0.2, 0.25) is 0 Å². The number of carbonyl (C=O) groups excluding carboxylic acids is 2. The van der Waals surface area contributed by atoms with Crippen LogP contribution in [0.25, 0.3) is 0 Å². The Morgan fingerprint density at radius 2 is 2.04 bits per heavy atom. The Labute approximate surface area is 133 Å². The number of furan rings is 1. The van der Waals surface area contributed by atoms with Gasteiger partial charge in [-0.05, 0) is 32.9 Å². The number of H-pyrrole nitrogens is 1. The first-order chi connectivity index (χ1) is 11.0. The molecule has 0 saturated heterocycles. The number of hydrogen-bond donors (Lipinski definition) is 1. The van der Waals surface area contributed by atoms with Crippen molar-refractivity contribution >= 4 is 18.0 Å². The highest BCUT2D eigenvalue weighted by Crippen LogP contribution is 2.20. The number of carbonyl (C=O) groups is 2. The number of nitrogens with zero attached hydrogens (tertiary/aromatic N) is 1. The van der Waals surface area contributed by atoms with Crippen molar-refractivity contribution in [3.05, 3.63) is 46.7 Å². The number of hydrogen-bond acceptors (Lipinski definition) is 6. The fourth-order valence-electron chi connectivity index (χ4n) is 2.21. The van der Waals surface area contributed by atoms with Gasteiger partial charge in [-0.3, -0.25) is 4.79 Å². The predicted octanol–water partition coefficient (Wildman–Crippen LogP) is 2.63. The molecule has 23 heavy (non-hydrogen) atoms. The number of Topliss-reactive ketones (excluding diaryl/α,β-unsaturated/α-hetero) is 1. The van der Waals surface area contributed by atoms with Crippen LogP contribution in [-0.2, 0) is 9.57 Å². The van der Waals surface area contributed by atoms with E-state index in [2.05, 4.69) is 10.1 Å². The van der Waals surface area contributed by atoms with E-state index in [-0.39, 0.29) is 30.1 Å². The standard InChI is InChI=1S/C16H18N2O5/c1-4-21-16(20)15-11(3)18-10(2)14(15)13(19)9-23-17-8-12-6-5-7-22-12/h5-8,18H,4,9H2,1-3H3/b17-8+. The molecule has 2 aromatic rings. The lowest BCUT2D eigenvalue weighted by atomic mass is 10.1. The number of rotatable bonds is 7. The first kappa shape index (κ1) is 16.5. The molecule has 0 aliphatic carbocycles. The van der Waals surface area contributed by atoms with Crippen LogP contribution < -0.4 is 0 Å². The normalized spacial score (nSPS) is 10.9. The fraction of sp³-hybridized carbons (Fsp3) is 0.312. The SMILES string of the molecule is CCOC(=O)c1c(C)[nH]c(C)c1C(=O)CO/N=C/c1ccco1. The molecule has 0 radical (unpaired) electrons. The zero-order valence-electron chi connectivity index (χ0n) is 13.2. The molecule has 0 amide bonds. The second-order valence-electron chi connectivity index (χ2n) is 4.79. The number of aromatic amines is 1. The minimum Gasteiger partial charge on any atom is -0.463 e. The van der Waals surface area contributed by atoms with Crippen molar-refractivity contribution in [1.82, 2.24) is 4.98 Å². The van der Waals surface area contributed by atoms with Gasteiger partial charge in [-0.25, -0.2) is 4.79 Å². The van der Waals surface area contributed by atoms with Gasteiger partial charge in [0.05, 0.1) is 24.0 Å². The number of oxime groups is 1. The number of ether oxygens (including phenoxy) is 1. The Hall–Kier alpha value is -2.83. The smallest absolute Gasteiger partial charge is 0.340 e. The molecule has 0 bridgehead atoms. The Morgan fingerprint density at radius 3 is 2.70 bits per heavy atom. The monoisotopic (exact) mass is 318 g/mol. The molecule has 2 heterocycles. The zero-order chi connectivity index (χ0) is 16.8. The molecule has 0 atom stereocenters. The third-order valence-electron chi connectivity index (χ3n) is 3.13. The summed E-state index contributed by atoms with van der Waals surface area (Å²) in [6.07, 6.45) is 2.86. The lowest BCUT2D eigenvalue weighted by Gasteiger charge is -2.05. The zero-order valence-corrected chi connectivity index (χ0v) is 13.2. The minimum atomic E-state index is -0.531. The summed E-state index contributed by atoms with van der Waals surface area (Å²) in [5.41, 5.74) is 1.69. The third-order valence-corrected chi connectivity index (χ3v) is 3.13. The van der Waals surface area contributed by atoms with Gasteiger partial charge in [-0.1, -0.05) is 5.16 Å². The van der Waals surface area contributed by atoms with Gasteiger partial charge in [0, 0.05) is 11.4 Å². The summed E-state index contributed by atoms with van der Waals surface area (Å²) in [5.74, 6) is -0.374. The van der Waals surface area contributed by atoms with Gasteiger partial charge in [0.2, 0.25) is 5.78 Å². The van der Waals surface area contributed by atoms with Crippen LogP contribution in [0, 0.1) is 13.8 Å². The molecule has 7 heteroatoms. The van der Waals surface area contributed by atoms with Gasteiger partial charge < -0.3 is 19.0 Å². The quantitative estimate of drug-likeness (QED) is 0.366. The Bertz CT molecular complexity index is 713. The summed E-state index contributed by atoms with van der Waals surface area (Å²) < 4.78 is 10.0. The average molecular weight is 318 g/mol. The Kier molecular flexibility index (Phi) is 5.35. The maximum absolute atomic E-state index is 12.3. The lowest BCUT2D eigenvalue weighted by molar-refractivity contribution is 0.0520. The molecule has 0 spiro atoms. The molecule has 0 unspecified atom stereocenters. The summed E-state index contributed by atoms with van der Waals surface area (Å²) in [6.45, 7) is 5.09. The van der Waals surface area contributed by atoms with Gasteiger partial charge in [0.25, 0.3) is 0 Å². The average Bonchev–Trinajstić information content (AvgIpc) is 3.11. The molecular formula is C16H18N2O5. The van der Waals surface area contributed by atoms with E-state index in [9.17, 15) is 9.59 Å². The molecule has 1 N–H and O–H groups in total. The molecule has 122 valence electrons. The number of aromatic nitrogens is 1. The largest absolute Gasteiger partial charge is 0.463 e. The number of esters is 1.